The largest absolute Gasteiger partial charge is 0.453 e. The minimum Gasteiger partial charge on any atom is -0.453 e. The van der Waals surface area contributed by atoms with Gasteiger partial charge >= 0.3 is 6.18 Å². The number of halogens is 3. The van der Waals surface area contributed by atoms with E-state index in [-0.39, 0.29) is 37.6 Å². The van der Waals surface area contributed by atoms with Crippen molar-refractivity contribution in [1.82, 2.24) is 9.62 Å². The van der Waals surface area contributed by atoms with Crippen LogP contribution in [0.4, 0.5) is 24.5 Å². The Labute approximate surface area is 260 Å². The number of anilines is 2. The first-order valence-electron chi connectivity index (χ1n) is 14.1. The number of likely N-dealkylation sites (N-methyl/N-ethyl adjacent to an activating group) is 1. The Morgan fingerprint density at radius 2 is 1.64 bits per heavy atom. The highest BCUT2D eigenvalue weighted by molar-refractivity contribution is 7.97. The highest BCUT2D eigenvalue weighted by atomic mass is 32.2. The predicted octanol–water partition coefficient (Wildman–Crippen LogP) is 5.02. The summed E-state index contributed by atoms with van der Waals surface area (Å²) in [7, 11) is 1.38. The highest BCUT2D eigenvalue weighted by Gasteiger charge is 2.35. The van der Waals surface area contributed by atoms with Crippen LogP contribution in [0.1, 0.15) is 25.0 Å². The number of alkyl halides is 3. The zero-order valence-electron chi connectivity index (χ0n) is 24.9. The number of nitrogen functional groups attached to an aromatic ring is 1. The summed E-state index contributed by atoms with van der Waals surface area (Å²) in [4.78, 5) is 27.0. The molecule has 8 nitrogen and oxygen atoms in total. The van der Waals surface area contributed by atoms with E-state index in [9.17, 15) is 27.9 Å². The second kappa shape index (κ2) is 16.4. The third-order valence-corrected chi connectivity index (χ3v) is 7.78. The standard InChI is InChI=1S/C32H39F3N4O4S/c1-22(2)18-39(44-25-15-13-24(36)14-16-25)19-29(41)27(17-23-9-5-4-6-10-23)37-31(42)30(43-21-40)20-38(3)28-12-8-7-11-26(28)32(33,34)35/h4-16,21-22,27,29-30,41H,17-20,36H2,1-3H3,(H,37,42). The van der Waals surface area contributed by atoms with Crippen LogP contribution in [0.3, 0.4) is 0 Å². The number of nitrogens with one attached hydrogen (secondary N) is 1. The van der Waals surface area contributed by atoms with Gasteiger partial charge in [0, 0.05) is 36.4 Å². The Hall–Kier alpha value is -3.74. The number of benzene rings is 3. The molecule has 0 spiro atoms. The SMILES string of the molecule is CC(C)CN(CC(O)C(Cc1ccccc1)NC(=O)C(CN(C)c1ccccc1C(F)(F)F)OC=O)Sc1ccc(N)cc1. The number of hydrogen-bond acceptors (Lipinski definition) is 8. The fraction of sp³-hybridized carbons (Fsp3) is 0.375. The number of carbonyl (C=O) groups is 2. The average Bonchev–Trinajstić information content (AvgIpc) is 2.97. The molecule has 3 atom stereocenters. The number of para-hydroxylation sites is 1. The van der Waals surface area contributed by atoms with Crippen LogP contribution < -0.4 is 16.0 Å². The maximum atomic E-state index is 13.6. The number of hydrogen-bond donors (Lipinski definition) is 3. The van der Waals surface area contributed by atoms with Gasteiger partial charge in [-0.1, -0.05) is 56.3 Å². The van der Waals surface area contributed by atoms with Crippen molar-refractivity contribution in [2.45, 2.75) is 49.6 Å². The van der Waals surface area contributed by atoms with Crippen molar-refractivity contribution in [2.24, 2.45) is 5.92 Å². The molecule has 0 bridgehead atoms. The normalized spacial score (nSPS) is 13.8. The fourth-order valence-electron chi connectivity index (χ4n) is 4.65. The van der Waals surface area contributed by atoms with Crippen molar-refractivity contribution in [3.05, 3.63) is 90.0 Å². The Kier molecular flexibility index (Phi) is 12.9. The summed E-state index contributed by atoms with van der Waals surface area (Å²) in [5.41, 5.74) is 6.26. The van der Waals surface area contributed by atoms with E-state index >= 15 is 0 Å². The van der Waals surface area contributed by atoms with Gasteiger partial charge in [0.2, 0.25) is 0 Å². The van der Waals surface area contributed by atoms with E-state index in [1.807, 2.05) is 46.8 Å². The third kappa shape index (κ3) is 10.8. The van der Waals surface area contributed by atoms with Gasteiger partial charge in [0.05, 0.1) is 24.3 Å². The van der Waals surface area contributed by atoms with E-state index in [2.05, 4.69) is 19.2 Å². The molecule has 0 aliphatic heterocycles. The minimum atomic E-state index is -4.62. The Bertz CT molecular complexity index is 1330. The summed E-state index contributed by atoms with van der Waals surface area (Å²) in [6, 6.07) is 20.8. The van der Waals surface area contributed by atoms with Gasteiger partial charge in [-0.3, -0.25) is 9.59 Å². The fourth-order valence-corrected chi connectivity index (χ4v) is 5.80. The number of aliphatic hydroxyl groups is 1. The highest BCUT2D eigenvalue weighted by Crippen LogP contribution is 2.36. The molecular weight excluding hydrogens is 593 g/mol. The summed E-state index contributed by atoms with van der Waals surface area (Å²) in [5.74, 6) is -0.471. The van der Waals surface area contributed by atoms with Crippen LogP contribution in [0, 0.1) is 5.92 Å². The monoisotopic (exact) mass is 632 g/mol. The quantitative estimate of drug-likeness (QED) is 0.115. The van der Waals surface area contributed by atoms with E-state index in [0.717, 1.165) is 16.5 Å². The molecule has 3 aromatic carbocycles. The number of carbonyl (C=O) groups excluding carboxylic acids is 2. The lowest BCUT2D eigenvalue weighted by molar-refractivity contribution is -0.145. The molecule has 3 unspecified atom stereocenters. The Morgan fingerprint density at radius 1 is 1.00 bits per heavy atom. The van der Waals surface area contributed by atoms with Crippen molar-refractivity contribution < 1.29 is 32.6 Å². The van der Waals surface area contributed by atoms with Gasteiger partial charge in [0.25, 0.3) is 12.4 Å². The molecule has 0 radical (unpaired) electrons. The van der Waals surface area contributed by atoms with Gasteiger partial charge in [0.15, 0.2) is 6.10 Å². The Balaban J connectivity index is 1.82. The predicted molar refractivity (Wildman–Crippen MR) is 167 cm³/mol. The molecule has 0 aromatic heterocycles. The van der Waals surface area contributed by atoms with Gasteiger partial charge in [0.1, 0.15) is 0 Å². The summed E-state index contributed by atoms with van der Waals surface area (Å²) >= 11 is 1.46. The van der Waals surface area contributed by atoms with Gasteiger partial charge in [-0.25, -0.2) is 4.31 Å². The van der Waals surface area contributed by atoms with E-state index in [4.69, 9.17) is 10.5 Å². The van der Waals surface area contributed by atoms with Crippen LogP contribution >= 0.6 is 11.9 Å². The van der Waals surface area contributed by atoms with Crippen LogP contribution in [0.5, 0.6) is 0 Å². The first-order chi connectivity index (χ1) is 20.9. The summed E-state index contributed by atoms with van der Waals surface area (Å²) < 4.78 is 47.9. The Morgan fingerprint density at radius 3 is 2.25 bits per heavy atom. The molecule has 0 saturated carbocycles. The molecule has 1 amide bonds. The molecule has 0 aliphatic rings. The van der Waals surface area contributed by atoms with Gasteiger partial charge in [-0.2, -0.15) is 13.2 Å². The molecular formula is C32H39F3N4O4S. The van der Waals surface area contributed by atoms with Crippen molar-refractivity contribution in [3.8, 4) is 0 Å². The average molecular weight is 633 g/mol. The minimum absolute atomic E-state index is 0.0873. The van der Waals surface area contributed by atoms with Crippen LogP contribution in [-0.2, 0) is 26.9 Å². The van der Waals surface area contributed by atoms with E-state index in [0.29, 0.717) is 12.2 Å². The van der Waals surface area contributed by atoms with Crippen LogP contribution in [0.25, 0.3) is 0 Å². The van der Waals surface area contributed by atoms with Crippen molar-refractivity contribution in [1.29, 1.82) is 0 Å². The number of rotatable bonds is 16. The molecule has 238 valence electrons. The summed E-state index contributed by atoms with van der Waals surface area (Å²) in [5, 5.41) is 14.3. The summed E-state index contributed by atoms with van der Waals surface area (Å²) in [6.07, 6.45) is -6.86. The zero-order valence-corrected chi connectivity index (χ0v) is 25.7. The van der Waals surface area contributed by atoms with Gasteiger partial charge < -0.3 is 25.8 Å². The maximum Gasteiger partial charge on any atom is 0.418 e. The molecule has 3 rings (SSSR count). The smallest absolute Gasteiger partial charge is 0.418 e. The molecule has 0 heterocycles. The second-order valence-corrected chi connectivity index (χ2v) is 12.1. The topological polar surface area (TPSA) is 108 Å². The van der Waals surface area contributed by atoms with Crippen LogP contribution in [0.15, 0.2) is 83.8 Å². The van der Waals surface area contributed by atoms with Crippen molar-refractivity contribution >= 4 is 35.7 Å². The van der Waals surface area contributed by atoms with E-state index < -0.39 is 35.9 Å². The lowest BCUT2D eigenvalue weighted by Gasteiger charge is -2.32. The van der Waals surface area contributed by atoms with Crippen molar-refractivity contribution in [3.63, 3.8) is 0 Å². The van der Waals surface area contributed by atoms with E-state index in [1.165, 1.54) is 42.1 Å². The number of nitrogens with two attached hydrogens (primary N) is 1. The lowest BCUT2D eigenvalue weighted by atomic mass is 10.0. The van der Waals surface area contributed by atoms with Gasteiger partial charge in [-0.05, 0) is 66.2 Å². The lowest BCUT2D eigenvalue weighted by Crippen LogP contribution is -2.53. The van der Waals surface area contributed by atoms with E-state index in [1.54, 1.807) is 12.1 Å². The first-order valence-corrected chi connectivity index (χ1v) is 14.9. The first kappa shape index (κ1) is 34.7. The number of amides is 1. The molecule has 3 aromatic rings. The second-order valence-electron chi connectivity index (χ2n) is 10.9. The molecule has 0 saturated heterocycles. The van der Waals surface area contributed by atoms with Crippen LogP contribution in [0.2, 0.25) is 0 Å². The van der Waals surface area contributed by atoms with Crippen molar-refractivity contribution in [2.75, 3.05) is 37.3 Å². The third-order valence-electron chi connectivity index (χ3n) is 6.74. The summed E-state index contributed by atoms with van der Waals surface area (Å²) in [6.45, 7) is 4.67. The number of ether oxygens (including phenoxy) is 1. The molecule has 44 heavy (non-hydrogen) atoms. The number of nitrogens with zero attached hydrogens (tertiary/aromatic N) is 2. The molecule has 4 N–H and O–H groups in total. The maximum absolute atomic E-state index is 13.6. The molecule has 0 fully saturated rings. The molecule has 0 aliphatic carbocycles. The van der Waals surface area contributed by atoms with Gasteiger partial charge in [-0.15, -0.1) is 0 Å². The van der Waals surface area contributed by atoms with Crippen LogP contribution in [-0.4, -0.2) is 66.7 Å². The zero-order chi connectivity index (χ0) is 32.3. The number of aliphatic hydroxyl groups excluding tert-OH is 1. The molecule has 12 heteroatoms.